The summed E-state index contributed by atoms with van der Waals surface area (Å²) in [5, 5.41) is 21.2. The van der Waals surface area contributed by atoms with Crippen LogP contribution in [0, 0.1) is 43.6 Å². The van der Waals surface area contributed by atoms with Crippen molar-refractivity contribution < 1.29 is 30.3 Å². The minimum atomic E-state index is -0.530. The van der Waals surface area contributed by atoms with Gasteiger partial charge in [-0.1, -0.05) is 87.4 Å². The van der Waals surface area contributed by atoms with Gasteiger partial charge in [0.05, 0.1) is 11.9 Å². The zero-order chi connectivity index (χ0) is 27.9. The van der Waals surface area contributed by atoms with E-state index >= 15 is 0 Å². The summed E-state index contributed by atoms with van der Waals surface area (Å²) in [5.74, 6) is 1.81. The molecule has 0 aliphatic heterocycles. The van der Waals surface area contributed by atoms with Crippen molar-refractivity contribution in [3.05, 3.63) is 76.7 Å². The second kappa shape index (κ2) is 15.6. The fraction of sp³-hybridized carbons (Fsp3) is 0.500. The number of allylic oxidation sites excluding steroid dienone is 1. The van der Waals surface area contributed by atoms with Crippen molar-refractivity contribution in [2.24, 2.45) is 23.7 Å². The summed E-state index contributed by atoms with van der Waals surface area (Å²) in [4.78, 5) is 4.87. The van der Waals surface area contributed by atoms with Gasteiger partial charge in [-0.2, -0.15) is 0 Å². The third-order valence-corrected chi connectivity index (χ3v) is 6.33. The second-order valence-corrected chi connectivity index (χ2v) is 11.9. The molecule has 0 aliphatic carbocycles. The van der Waals surface area contributed by atoms with Crippen LogP contribution in [0.25, 0.3) is 22.0 Å². The van der Waals surface area contributed by atoms with Gasteiger partial charge in [-0.3, -0.25) is 0 Å². The fourth-order valence-corrected chi connectivity index (χ4v) is 4.34. The van der Waals surface area contributed by atoms with Crippen molar-refractivity contribution in [3.63, 3.8) is 0 Å². The molecular formula is C34H48IrNO2-. The number of pyridine rings is 1. The maximum absolute atomic E-state index is 9.31. The number of hydrogen-bond donors (Lipinski definition) is 2. The predicted octanol–water partition coefficient (Wildman–Crippen LogP) is 8.81. The molecule has 3 rings (SSSR count). The van der Waals surface area contributed by atoms with Crippen LogP contribution in [0.5, 0.6) is 0 Å². The monoisotopic (exact) mass is 695 g/mol. The van der Waals surface area contributed by atoms with Gasteiger partial charge in [0, 0.05) is 32.2 Å². The minimum Gasteiger partial charge on any atom is -0.512 e. The number of hydrogen-bond acceptors (Lipinski definition) is 3. The van der Waals surface area contributed by atoms with E-state index in [0.717, 1.165) is 29.7 Å². The molecule has 2 N–H and O–H groups in total. The zero-order valence-corrected chi connectivity index (χ0v) is 27.4. The Balaban J connectivity index is 0.000000514. The molecule has 0 bridgehead atoms. The Kier molecular flexibility index (Phi) is 13.9. The molecule has 3 nitrogen and oxygen atoms in total. The Morgan fingerprint density at radius 3 is 2.05 bits per heavy atom. The van der Waals surface area contributed by atoms with E-state index in [0.29, 0.717) is 11.8 Å². The standard InChI is InChI=1S/C25H30N.C9H18O2.Ir/c1-16(2)9-20-7-8-23-24(14-20)22(10-17(3)4)15-26-25(23)21-12-18(5)11-19(6)13-21;1-6(2)8(10)5-9(11)7(3)4;/h7-8,11-12,14-17H,9-10H2,1-6H3;5-8,10-11H,1-4H3;/q-1;;. The third-order valence-electron chi connectivity index (χ3n) is 6.33. The van der Waals surface area contributed by atoms with Crippen LogP contribution in [0.15, 0.2) is 48.4 Å². The molecule has 1 radical (unpaired) electrons. The van der Waals surface area contributed by atoms with Gasteiger partial charge in [-0.15, -0.1) is 34.9 Å². The van der Waals surface area contributed by atoms with Crippen LogP contribution >= 0.6 is 0 Å². The number of nitrogens with zero attached hydrogens (tertiary/aromatic N) is 1. The van der Waals surface area contributed by atoms with Crippen molar-refractivity contribution in [1.82, 2.24) is 4.98 Å². The molecule has 0 aliphatic rings. The molecule has 4 heteroatoms. The van der Waals surface area contributed by atoms with E-state index in [1.807, 2.05) is 27.7 Å². The molecule has 0 fully saturated rings. The SMILES string of the molecule is CC(C)C(O)=CC(O)C(C)C.Cc1[c-]c(-c2ncc(CC(C)C)c3cc(CC(C)C)ccc23)cc(C)c1.[Ir]. The maximum Gasteiger partial charge on any atom is 0.0933 e. The van der Waals surface area contributed by atoms with Crippen LogP contribution < -0.4 is 0 Å². The summed E-state index contributed by atoms with van der Waals surface area (Å²) in [6.45, 7) is 20.9. The molecule has 1 aromatic heterocycles. The first-order chi connectivity index (χ1) is 17.3. The van der Waals surface area contributed by atoms with Gasteiger partial charge in [-0.05, 0) is 64.3 Å². The van der Waals surface area contributed by atoms with Crippen LogP contribution in [-0.2, 0) is 32.9 Å². The van der Waals surface area contributed by atoms with Crippen LogP contribution in [0.4, 0.5) is 0 Å². The number of aromatic nitrogens is 1. The van der Waals surface area contributed by atoms with Crippen LogP contribution in [-0.4, -0.2) is 21.3 Å². The normalized spacial score (nSPS) is 12.7. The van der Waals surface area contributed by atoms with E-state index in [9.17, 15) is 10.2 Å². The number of aliphatic hydroxyl groups is 2. The predicted molar refractivity (Wildman–Crippen MR) is 159 cm³/mol. The average molecular weight is 695 g/mol. The minimum absolute atomic E-state index is 0. The summed E-state index contributed by atoms with van der Waals surface area (Å²) in [6, 6.07) is 14.8. The summed E-state index contributed by atoms with van der Waals surface area (Å²) in [7, 11) is 0. The molecule has 0 saturated carbocycles. The molecule has 1 atom stereocenters. The van der Waals surface area contributed by atoms with Crippen LogP contribution in [0.3, 0.4) is 0 Å². The molecule has 38 heavy (non-hydrogen) atoms. The Labute approximate surface area is 245 Å². The molecule has 2 aromatic carbocycles. The molecule has 3 aromatic rings. The first-order valence-electron chi connectivity index (χ1n) is 13.8. The Morgan fingerprint density at radius 1 is 0.895 bits per heavy atom. The smallest absolute Gasteiger partial charge is 0.0933 e. The van der Waals surface area contributed by atoms with Crippen molar-refractivity contribution in [3.8, 4) is 11.3 Å². The molecule has 211 valence electrons. The van der Waals surface area contributed by atoms with Crippen molar-refractivity contribution in [1.29, 1.82) is 0 Å². The number of rotatable bonds is 8. The molecule has 0 amide bonds. The van der Waals surface area contributed by atoms with E-state index in [4.69, 9.17) is 4.98 Å². The number of aryl methyl sites for hydroxylation is 2. The number of fused-ring (bicyclic) bond motifs is 1. The topological polar surface area (TPSA) is 53.4 Å². The van der Waals surface area contributed by atoms with E-state index < -0.39 is 6.10 Å². The largest absolute Gasteiger partial charge is 0.512 e. The number of benzene rings is 2. The van der Waals surface area contributed by atoms with Gasteiger partial charge in [0.15, 0.2) is 0 Å². The second-order valence-electron chi connectivity index (χ2n) is 11.9. The first-order valence-corrected chi connectivity index (χ1v) is 13.8. The van der Waals surface area contributed by atoms with E-state index in [-0.39, 0.29) is 37.7 Å². The quantitative estimate of drug-likeness (QED) is 0.183. The van der Waals surface area contributed by atoms with Gasteiger partial charge >= 0.3 is 0 Å². The molecule has 1 heterocycles. The molecule has 1 unspecified atom stereocenters. The van der Waals surface area contributed by atoms with Crippen LogP contribution in [0.1, 0.15) is 77.6 Å². The van der Waals surface area contributed by atoms with Gasteiger partial charge in [0.2, 0.25) is 0 Å². The fourth-order valence-electron chi connectivity index (χ4n) is 4.34. The van der Waals surface area contributed by atoms with Crippen molar-refractivity contribution in [2.45, 2.75) is 88.2 Å². The Morgan fingerprint density at radius 2 is 1.53 bits per heavy atom. The van der Waals surface area contributed by atoms with Crippen LogP contribution in [0.2, 0.25) is 0 Å². The van der Waals surface area contributed by atoms with E-state index in [1.54, 1.807) is 0 Å². The van der Waals surface area contributed by atoms with E-state index in [2.05, 4.69) is 84.1 Å². The first kappa shape index (κ1) is 34.0. The molecule has 0 spiro atoms. The van der Waals surface area contributed by atoms with Crippen molar-refractivity contribution in [2.75, 3.05) is 0 Å². The van der Waals surface area contributed by atoms with Crippen molar-refractivity contribution >= 4 is 10.8 Å². The average Bonchev–Trinajstić information content (AvgIpc) is 2.78. The Bertz CT molecular complexity index is 1170. The zero-order valence-electron chi connectivity index (χ0n) is 25.0. The van der Waals surface area contributed by atoms with Gasteiger partial charge in [0.25, 0.3) is 0 Å². The number of aliphatic hydroxyl groups excluding tert-OH is 2. The summed E-state index contributed by atoms with van der Waals surface area (Å²) >= 11 is 0. The third kappa shape index (κ3) is 10.3. The summed E-state index contributed by atoms with van der Waals surface area (Å²) < 4.78 is 0. The van der Waals surface area contributed by atoms with Gasteiger partial charge < -0.3 is 15.2 Å². The van der Waals surface area contributed by atoms with E-state index in [1.165, 1.54) is 33.5 Å². The summed E-state index contributed by atoms with van der Waals surface area (Å²) in [6.07, 6.45) is 5.24. The molecular weight excluding hydrogens is 647 g/mol. The Hall–Kier alpha value is -2.00. The van der Waals surface area contributed by atoms with Gasteiger partial charge in [-0.25, -0.2) is 0 Å². The summed E-state index contributed by atoms with van der Waals surface area (Å²) in [5.41, 5.74) is 7.34. The van der Waals surface area contributed by atoms with Gasteiger partial charge in [0.1, 0.15) is 0 Å². The molecule has 0 saturated heterocycles. The maximum atomic E-state index is 9.31.